The van der Waals surface area contributed by atoms with Crippen LogP contribution in [-0.2, 0) is 0 Å². The Morgan fingerprint density at radius 1 is 0.529 bits per heavy atom. The Morgan fingerprint density at radius 3 is 1.94 bits per heavy atom. The maximum atomic E-state index is 2.20. The Morgan fingerprint density at radius 2 is 1.12 bits per heavy atom. The van der Waals surface area contributed by atoms with Gasteiger partial charge >= 0.3 is 0 Å². The first-order chi connectivity index (χ1) is 8.34. The van der Waals surface area contributed by atoms with Crippen LogP contribution in [0.25, 0.3) is 22.3 Å². The standard InChI is InChI=1S/C17H14/c1-13-7-9-15(10-8-13)17-12-11-14-5-3-2-4-6-16(14)17/h2-12H,1H3. The number of rotatable bonds is 1. The van der Waals surface area contributed by atoms with Gasteiger partial charge in [0, 0.05) is 0 Å². The van der Waals surface area contributed by atoms with Crippen LogP contribution in [0.15, 0.2) is 66.7 Å². The normalized spacial score (nSPS) is 10.6. The van der Waals surface area contributed by atoms with Crippen LogP contribution in [-0.4, -0.2) is 0 Å². The van der Waals surface area contributed by atoms with Gasteiger partial charge < -0.3 is 0 Å². The molecular weight excluding hydrogens is 204 g/mol. The van der Waals surface area contributed by atoms with Gasteiger partial charge in [-0.2, -0.15) is 0 Å². The number of fused-ring (bicyclic) bond motifs is 1. The Hall–Kier alpha value is -2.08. The molecule has 0 unspecified atom stereocenters. The van der Waals surface area contributed by atoms with Crippen LogP contribution in [0.1, 0.15) is 5.56 Å². The summed E-state index contributed by atoms with van der Waals surface area (Å²) >= 11 is 0. The molecule has 0 saturated heterocycles. The molecule has 17 heavy (non-hydrogen) atoms. The topological polar surface area (TPSA) is 0 Å². The summed E-state index contributed by atoms with van der Waals surface area (Å²) in [6, 6.07) is 23.7. The van der Waals surface area contributed by atoms with Gasteiger partial charge in [0.25, 0.3) is 0 Å². The van der Waals surface area contributed by atoms with Crippen LogP contribution in [0.2, 0.25) is 0 Å². The Balaban J connectivity index is 2.17. The van der Waals surface area contributed by atoms with Crippen LogP contribution >= 0.6 is 0 Å². The third-order valence-corrected chi connectivity index (χ3v) is 3.15. The van der Waals surface area contributed by atoms with E-state index in [1.807, 2.05) is 0 Å². The first-order valence-corrected chi connectivity index (χ1v) is 5.89. The van der Waals surface area contributed by atoms with E-state index in [0.717, 1.165) is 0 Å². The average molecular weight is 218 g/mol. The van der Waals surface area contributed by atoms with Gasteiger partial charge in [-0.3, -0.25) is 0 Å². The van der Waals surface area contributed by atoms with Crippen LogP contribution in [0, 0.1) is 6.92 Å². The highest BCUT2D eigenvalue weighted by atomic mass is 14.1. The van der Waals surface area contributed by atoms with E-state index in [1.165, 1.54) is 27.8 Å². The monoisotopic (exact) mass is 218 g/mol. The van der Waals surface area contributed by atoms with Crippen molar-refractivity contribution in [1.29, 1.82) is 0 Å². The van der Waals surface area contributed by atoms with Crippen molar-refractivity contribution >= 4 is 0 Å². The van der Waals surface area contributed by atoms with Crippen molar-refractivity contribution in [3.8, 4) is 22.3 Å². The van der Waals surface area contributed by atoms with Gasteiger partial charge in [0.05, 0.1) is 0 Å². The highest BCUT2D eigenvalue weighted by molar-refractivity contribution is 5.86. The summed E-state index contributed by atoms with van der Waals surface area (Å²) in [5, 5.41) is 0. The largest absolute Gasteiger partial charge is 0.0622 e. The summed E-state index contributed by atoms with van der Waals surface area (Å²) in [5.41, 5.74) is 6.52. The molecule has 0 heteroatoms. The zero-order chi connectivity index (χ0) is 11.7. The molecule has 0 aromatic heterocycles. The fraction of sp³-hybridized carbons (Fsp3) is 0.0588. The second-order valence-corrected chi connectivity index (χ2v) is 4.39. The SMILES string of the molecule is Cc1ccc(-c2ccc3cccccc2-3)cc1. The van der Waals surface area contributed by atoms with Crippen molar-refractivity contribution in [2.24, 2.45) is 0 Å². The van der Waals surface area contributed by atoms with Crippen molar-refractivity contribution in [3.63, 3.8) is 0 Å². The maximum absolute atomic E-state index is 2.20. The number of hydrogen-bond acceptors (Lipinski definition) is 0. The van der Waals surface area contributed by atoms with Gasteiger partial charge in [-0.25, -0.2) is 0 Å². The molecule has 0 spiro atoms. The van der Waals surface area contributed by atoms with Crippen molar-refractivity contribution < 1.29 is 0 Å². The third kappa shape index (κ3) is 1.83. The van der Waals surface area contributed by atoms with Gasteiger partial charge in [-0.1, -0.05) is 72.3 Å². The summed E-state index contributed by atoms with van der Waals surface area (Å²) in [7, 11) is 0. The third-order valence-electron chi connectivity index (χ3n) is 3.15. The van der Waals surface area contributed by atoms with Gasteiger partial charge in [-0.15, -0.1) is 0 Å². The van der Waals surface area contributed by atoms with E-state index >= 15 is 0 Å². The Labute approximate surface area is 102 Å². The molecule has 0 aliphatic heterocycles. The molecular formula is C17H14. The average Bonchev–Trinajstić information content (AvgIpc) is 2.60. The van der Waals surface area contributed by atoms with E-state index in [1.54, 1.807) is 0 Å². The fourth-order valence-electron chi connectivity index (χ4n) is 2.20. The lowest BCUT2D eigenvalue weighted by atomic mass is 10.0. The van der Waals surface area contributed by atoms with E-state index in [4.69, 9.17) is 0 Å². The van der Waals surface area contributed by atoms with E-state index < -0.39 is 0 Å². The maximum Gasteiger partial charge on any atom is -0.0105 e. The molecule has 1 aromatic rings. The van der Waals surface area contributed by atoms with Crippen LogP contribution in [0.5, 0.6) is 0 Å². The fourth-order valence-corrected chi connectivity index (χ4v) is 2.20. The lowest BCUT2D eigenvalue weighted by Gasteiger charge is -2.02. The van der Waals surface area contributed by atoms with Gasteiger partial charge in [-0.05, 0) is 29.2 Å². The predicted molar refractivity (Wildman–Crippen MR) is 73.2 cm³/mol. The summed E-state index contributed by atoms with van der Waals surface area (Å²) in [4.78, 5) is 0. The molecule has 1 aromatic carbocycles. The molecule has 2 aliphatic rings. The van der Waals surface area contributed by atoms with Crippen molar-refractivity contribution in [1.82, 2.24) is 0 Å². The summed E-state index contributed by atoms with van der Waals surface area (Å²) in [5.74, 6) is 0. The Kier molecular flexibility index (Phi) is 2.41. The van der Waals surface area contributed by atoms with Crippen molar-refractivity contribution in [3.05, 3.63) is 72.3 Å². The Bertz CT molecular complexity index is 605. The molecule has 0 atom stereocenters. The molecule has 0 radical (unpaired) electrons. The lowest BCUT2D eigenvalue weighted by Crippen LogP contribution is -1.77. The van der Waals surface area contributed by atoms with Crippen LogP contribution in [0.3, 0.4) is 0 Å². The molecule has 0 saturated carbocycles. The second kappa shape index (κ2) is 4.06. The number of hydrogen-bond donors (Lipinski definition) is 0. The molecule has 0 heterocycles. The van der Waals surface area contributed by atoms with Gasteiger partial charge in [0.15, 0.2) is 0 Å². The van der Waals surface area contributed by atoms with E-state index in [-0.39, 0.29) is 0 Å². The second-order valence-electron chi connectivity index (χ2n) is 4.39. The van der Waals surface area contributed by atoms with Crippen molar-refractivity contribution in [2.75, 3.05) is 0 Å². The van der Waals surface area contributed by atoms with Gasteiger partial charge in [0.1, 0.15) is 0 Å². The molecule has 0 bridgehead atoms. The molecule has 0 amide bonds. The zero-order valence-electron chi connectivity index (χ0n) is 9.85. The van der Waals surface area contributed by atoms with E-state index in [9.17, 15) is 0 Å². The van der Waals surface area contributed by atoms with Crippen LogP contribution < -0.4 is 0 Å². The summed E-state index contributed by atoms with van der Waals surface area (Å²) < 4.78 is 0. The highest BCUT2D eigenvalue weighted by Gasteiger charge is 2.08. The van der Waals surface area contributed by atoms with Crippen molar-refractivity contribution in [2.45, 2.75) is 6.92 Å². The highest BCUT2D eigenvalue weighted by Crippen LogP contribution is 2.34. The number of aryl methyl sites for hydroxylation is 1. The van der Waals surface area contributed by atoms with E-state index in [2.05, 4.69) is 73.7 Å². The molecule has 0 nitrogen and oxygen atoms in total. The lowest BCUT2D eigenvalue weighted by molar-refractivity contribution is 1.47. The number of benzene rings is 1. The molecule has 0 fully saturated rings. The first-order valence-electron chi connectivity index (χ1n) is 5.89. The summed E-state index contributed by atoms with van der Waals surface area (Å²) in [6.45, 7) is 2.12. The molecule has 82 valence electrons. The van der Waals surface area contributed by atoms with Crippen LogP contribution in [0.4, 0.5) is 0 Å². The minimum absolute atomic E-state index is 1.29. The molecule has 0 N–H and O–H groups in total. The quantitative estimate of drug-likeness (QED) is 0.552. The zero-order valence-corrected chi connectivity index (χ0v) is 9.85. The predicted octanol–water partition coefficient (Wildman–Crippen LogP) is 4.77. The summed E-state index contributed by atoms with van der Waals surface area (Å²) in [6.07, 6.45) is 0. The van der Waals surface area contributed by atoms with Gasteiger partial charge in [0.2, 0.25) is 0 Å². The van der Waals surface area contributed by atoms with E-state index in [0.29, 0.717) is 0 Å². The first kappa shape index (κ1) is 10.1. The minimum atomic E-state index is 1.29. The molecule has 3 rings (SSSR count). The minimum Gasteiger partial charge on any atom is -0.0622 e. The molecule has 2 aliphatic carbocycles. The smallest absolute Gasteiger partial charge is 0.0105 e.